The van der Waals surface area contributed by atoms with Crippen molar-refractivity contribution in [2.75, 3.05) is 0 Å². The molecule has 0 spiro atoms. The zero-order valence-corrected chi connectivity index (χ0v) is 12.9. The maximum absolute atomic E-state index is 12.6. The Balaban J connectivity index is 2.50. The summed E-state index contributed by atoms with van der Waals surface area (Å²) in [7, 11) is -3.88. The zero-order valence-electron chi connectivity index (χ0n) is 10.5. The number of hydrogen-bond donors (Lipinski definition) is 1. The summed E-state index contributed by atoms with van der Waals surface area (Å²) in [6, 6.07) is 6.36. The Morgan fingerprint density at radius 3 is 2.47 bits per heavy atom. The number of halogens is 1. The summed E-state index contributed by atoms with van der Waals surface area (Å²) < 4.78 is 24.1. The summed E-state index contributed by atoms with van der Waals surface area (Å²) >= 11 is 3.19. The molecule has 1 aromatic rings. The lowest BCUT2D eigenvalue weighted by atomic mass is 9.73. The highest BCUT2D eigenvalue weighted by Gasteiger charge is 2.60. The van der Waals surface area contributed by atoms with E-state index in [0.717, 1.165) is 6.42 Å². The van der Waals surface area contributed by atoms with E-state index in [9.17, 15) is 18.3 Å². The molecule has 0 aliphatic heterocycles. The Morgan fingerprint density at radius 2 is 2.00 bits per heavy atom. The molecule has 0 aromatic heterocycles. The minimum Gasteiger partial charge on any atom is -0.480 e. The van der Waals surface area contributed by atoms with Crippen LogP contribution in [0.25, 0.3) is 0 Å². The molecule has 0 amide bonds. The average molecular weight is 347 g/mol. The predicted octanol–water partition coefficient (Wildman–Crippen LogP) is 2.87. The Morgan fingerprint density at radius 1 is 1.42 bits per heavy atom. The van der Waals surface area contributed by atoms with E-state index in [-0.39, 0.29) is 23.7 Å². The van der Waals surface area contributed by atoms with Crippen molar-refractivity contribution in [2.45, 2.75) is 35.8 Å². The highest BCUT2D eigenvalue weighted by atomic mass is 79.9. The van der Waals surface area contributed by atoms with E-state index in [1.54, 1.807) is 18.2 Å². The van der Waals surface area contributed by atoms with Crippen molar-refractivity contribution in [1.82, 2.24) is 0 Å². The molecule has 4 nitrogen and oxygen atoms in total. The first-order valence-electron chi connectivity index (χ1n) is 6.07. The van der Waals surface area contributed by atoms with Gasteiger partial charge in [-0.15, -0.1) is 0 Å². The summed E-state index contributed by atoms with van der Waals surface area (Å²) in [4.78, 5) is 11.6. The van der Waals surface area contributed by atoms with Crippen LogP contribution in [-0.2, 0) is 14.6 Å². The fraction of sp³-hybridized carbons (Fsp3) is 0.462. The molecule has 1 N–H and O–H groups in total. The Bertz CT molecular complexity index is 603. The summed E-state index contributed by atoms with van der Waals surface area (Å²) in [5, 5.41) is 9.39. The second-order valence-corrected chi connectivity index (χ2v) is 8.00. The molecule has 0 unspecified atom stereocenters. The van der Waals surface area contributed by atoms with Crippen LogP contribution in [0.15, 0.2) is 33.6 Å². The van der Waals surface area contributed by atoms with E-state index in [2.05, 4.69) is 15.9 Å². The number of carbonyl (C=O) groups is 1. The van der Waals surface area contributed by atoms with E-state index in [1.807, 2.05) is 6.92 Å². The summed E-state index contributed by atoms with van der Waals surface area (Å²) in [5.74, 6) is -1.07. The summed E-state index contributed by atoms with van der Waals surface area (Å²) in [6.07, 6.45) is 1.20. The molecule has 0 radical (unpaired) electrons. The van der Waals surface area contributed by atoms with Crippen molar-refractivity contribution in [3.8, 4) is 0 Å². The fourth-order valence-corrected chi connectivity index (χ4v) is 5.61. The molecule has 0 bridgehead atoms. The van der Waals surface area contributed by atoms with Gasteiger partial charge < -0.3 is 5.11 Å². The largest absolute Gasteiger partial charge is 0.480 e. The highest BCUT2D eigenvalue weighted by molar-refractivity contribution is 9.10. The first-order valence-corrected chi connectivity index (χ1v) is 8.35. The number of carboxylic acid groups (broad SMARTS) is 1. The van der Waals surface area contributed by atoms with Crippen molar-refractivity contribution >= 4 is 31.7 Å². The van der Waals surface area contributed by atoms with Gasteiger partial charge in [-0.3, -0.25) is 4.79 Å². The molecule has 1 aromatic carbocycles. The molecule has 19 heavy (non-hydrogen) atoms. The maximum Gasteiger partial charge on any atom is 0.325 e. The van der Waals surface area contributed by atoms with Gasteiger partial charge in [0.25, 0.3) is 0 Å². The molecule has 0 saturated heterocycles. The maximum atomic E-state index is 12.6. The fourth-order valence-electron chi connectivity index (χ4n) is 2.54. The Hall–Kier alpha value is -0.880. The van der Waals surface area contributed by atoms with Crippen molar-refractivity contribution < 1.29 is 18.3 Å². The number of sulfone groups is 1. The van der Waals surface area contributed by atoms with E-state index >= 15 is 0 Å². The molecule has 0 heterocycles. The first-order chi connectivity index (χ1) is 8.85. The molecular formula is C13H15BrO4S. The second-order valence-electron chi connectivity index (χ2n) is 4.92. The third-order valence-corrected chi connectivity index (χ3v) is 7.27. The van der Waals surface area contributed by atoms with Gasteiger partial charge in [0.2, 0.25) is 0 Å². The highest BCUT2D eigenvalue weighted by Crippen LogP contribution is 2.49. The number of aliphatic carboxylic acids is 1. The summed E-state index contributed by atoms with van der Waals surface area (Å²) in [6.45, 7) is 1.95. The Labute approximate surface area is 120 Å². The lowest BCUT2D eigenvalue weighted by Crippen LogP contribution is -2.56. The number of rotatable bonds is 4. The van der Waals surface area contributed by atoms with Crippen molar-refractivity contribution in [3.05, 3.63) is 28.7 Å². The van der Waals surface area contributed by atoms with Gasteiger partial charge >= 0.3 is 5.97 Å². The molecular weight excluding hydrogens is 332 g/mol. The zero-order chi connectivity index (χ0) is 14.3. The molecule has 6 heteroatoms. The standard InChI is InChI=1S/C13H15BrO4S/c1-2-9-7-13(8-9,12(15)16)19(17,18)11-6-4-3-5-10(11)14/h3-6,9H,2,7-8H2,1H3,(H,15,16). The van der Waals surface area contributed by atoms with Gasteiger partial charge in [0.1, 0.15) is 0 Å². The van der Waals surface area contributed by atoms with Gasteiger partial charge in [-0.1, -0.05) is 25.5 Å². The molecule has 104 valence electrons. The van der Waals surface area contributed by atoms with Gasteiger partial charge in [-0.2, -0.15) is 0 Å². The van der Waals surface area contributed by atoms with Crippen LogP contribution >= 0.6 is 15.9 Å². The monoisotopic (exact) mass is 346 g/mol. The number of benzene rings is 1. The van der Waals surface area contributed by atoms with E-state index < -0.39 is 20.6 Å². The summed E-state index contributed by atoms with van der Waals surface area (Å²) in [5.41, 5.74) is 0. The molecule has 1 fully saturated rings. The quantitative estimate of drug-likeness (QED) is 0.909. The van der Waals surface area contributed by atoms with Gasteiger partial charge in [0.15, 0.2) is 14.6 Å². The van der Waals surface area contributed by atoms with E-state index in [0.29, 0.717) is 4.47 Å². The third kappa shape index (κ3) is 2.10. The van der Waals surface area contributed by atoms with Crippen LogP contribution in [0.5, 0.6) is 0 Å². The molecule has 2 rings (SSSR count). The van der Waals surface area contributed by atoms with Gasteiger partial charge in [0.05, 0.1) is 4.90 Å². The van der Waals surface area contributed by atoms with Crippen LogP contribution in [-0.4, -0.2) is 24.2 Å². The topological polar surface area (TPSA) is 71.4 Å². The second kappa shape index (κ2) is 4.90. The minimum absolute atomic E-state index is 0.0620. The van der Waals surface area contributed by atoms with Crippen LogP contribution in [0, 0.1) is 5.92 Å². The molecule has 1 aliphatic rings. The van der Waals surface area contributed by atoms with Gasteiger partial charge in [-0.05, 0) is 46.8 Å². The van der Waals surface area contributed by atoms with Crippen LogP contribution in [0.2, 0.25) is 0 Å². The van der Waals surface area contributed by atoms with Crippen molar-refractivity contribution in [1.29, 1.82) is 0 Å². The SMILES string of the molecule is CCC1CC(C(=O)O)(S(=O)(=O)c2ccccc2Br)C1. The number of hydrogen-bond acceptors (Lipinski definition) is 3. The van der Waals surface area contributed by atoms with Crippen LogP contribution in [0.1, 0.15) is 26.2 Å². The number of carboxylic acids is 1. The van der Waals surface area contributed by atoms with E-state index in [4.69, 9.17) is 0 Å². The lowest BCUT2D eigenvalue weighted by molar-refractivity contribution is -0.144. The molecule has 1 saturated carbocycles. The predicted molar refractivity (Wildman–Crippen MR) is 74.7 cm³/mol. The first kappa shape index (κ1) is 14.5. The Kier molecular flexibility index (Phi) is 3.75. The smallest absolute Gasteiger partial charge is 0.325 e. The average Bonchev–Trinajstić information content (AvgIpc) is 2.27. The van der Waals surface area contributed by atoms with Crippen LogP contribution in [0.3, 0.4) is 0 Å². The normalized spacial score (nSPS) is 26.7. The van der Waals surface area contributed by atoms with Crippen molar-refractivity contribution in [2.24, 2.45) is 5.92 Å². The van der Waals surface area contributed by atoms with Gasteiger partial charge in [-0.25, -0.2) is 8.42 Å². The lowest BCUT2D eigenvalue weighted by Gasteiger charge is -2.43. The third-order valence-electron chi connectivity index (χ3n) is 3.84. The minimum atomic E-state index is -3.88. The van der Waals surface area contributed by atoms with Crippen LogP contribution in [0.4, 0.5) is 0 Å². The van der Waals surface area contributed by atoms with Crippen molar-refractivity contribution in [3.63, 3.8) is 0 Å². The van der Waals surface area contributed by atoms with Crippen LogP contribution < -0.4 is 0 Å². The molecule has 0 atom stereocenters. The molecule has 1 aliphatic carbocycles. The van der Waals surface area contributed by atoms with E-state index in [1.165, 1.54) is 6.07 Å². The van der Waals surface area contributed by atoms with Gasteiger partial charge in [0, 0.05) is 4.47 Å².